The lowest BCUT2D eigenvalue weighted by atomic mass is 10.0. The predicted molar refractivity (Wildman–Crippen MR) is 75.9 cm³/mol. The Kier molecular flexibility index (Phi) is 5.86. The van der Waals surface area contributed by atoms with Crippen molar-refractivity contribution in [2.75, 3.05) is 18.1 Å². The summed E-state index contributed by atoms with van der Waals surface area (Å²) in [6, 6.07) is 6.87. The highest BCUT2D eigenvalue weighted by Crippen LogP contribution is 2.16. The monoisotopic (exact) mass is 253 g/mol. The Morgan fingerprint density at radius 2 is 2.00 bits per heavy atom. The first-order chi connectivity index (χ1) is 8.04. The van der Waals surface area contributed by atoms with Gasteiger partial charge in [0.05, 0.1) is 0 Å². The minimum absolute atomic E-state index is 0.322. The van der Waals surface area contributed by atoms with Gasteiger partial charge in [0.15, 0.2) is 0 Å². The van der Waals surface area contributed by atoms with Gasteiger partial charge in [-0.2, -0.15) is 0 Å². The van der Waals surface area contributed by atoms with Crippen LogP contribution < -0.4 is 5.32 Å². The summed E-state index contributed by atoms with van der Waals surface area (Å²) in [6.07, 6.45) is 0. The molecule has 3 heteroatoms. The predicted octanol–water partition coefficient (Wildman–Crippen LogP) is 2.72. The molecule has 0 aromatic heterocycles. The van der Waals surface area contributed by atoms with Crippen molar-refractivity contribution < 1.29 is 4.21 Å². The van der Waals surface area contributed by atoms with Crippen LogP contribution in [-0.2, 0) is 10.8 Å². The molecule has 0 aliphatic heterocycles. The SMILES string of the molecule is CCS(=O)CCNC(C)c1ccc(C)c(C)c1. The van der Waals surface area contributed by atoms with E-state index < -0.39 is 10.8 Å². The summed E-state index contributed by atoms with van der Waals surface area (Å²) in [5.41, 5.74) is 3.96. The van der Waals surface area contributed by atoms with Gasteiger partial charge in [0.1, 0.15) is 0 Å². The van der Waals surface area contributed by atoms with Crippen LogP contribution in [0.4, 0.5) is 0 Å². The highest BCUT2D eigenvalue weighted by Gasteiger charge is 2.06. The first-order valence-corrected chi connectivity index (χ1v) is 7.69. The number of hydrogen-bond donors (Lipinski definition) is 1. The van der Waals surface area contributed by atoms with Crippen LogP contribution in [0.3, 0.4) is 0 Å². The second kappa shape index (κ2) is 6.92. The fraction of sp³-hybridized carbons (Fsp3) is 0.571. The Morgan fingerprint density at radius 3 is 2.59 bits per heavy atom. The standard InChI is InChI=1S/C14H23NOS/c1-5-17(16)9-8-15-13(4)14-7-6-11(2)12(3)10-14/h6-7,10,13,15H,5,8-9H2,1-4H3. The number of nitrogens with one attached hydrogen (secondary N) is 1. The van der Waals surface area contributed by atoms with Gasteiger partial charge in [-0.1, -0.05) is 25.1 Å². The maximum atomic E-state index is 11.3. The summed E-state index contributed by atoms with van der Waals surface area (Å²) >= 11 is 0. The van der Waals surface area contributed by atoms with Crippen molar-refractivity contribution in [3.05, 3.63) is 34.9 Å². The Labute approximate surface area is 107 Å². The van der Waals surface area contributed by atoms with E-state index in [1.54, 1.807) is 0 Å². The van der Waals surface area contributed by atoms with Crippen molar-refractivity contribution in [3.8, 4) is 0 Å². The van der Waals surface area contributed by atoms with Gasteiger partial charge in [-0.3, -0.25) is 4.21 Å². The van der Waals surface area contributed by atoms with E-state index in [0.717, 1.165) is 18.1 Å². The van der Waals surface area contributed by atoms with Crippen LogP contribution in [0.5, 0.6) is 0 Å². The van der Waals surface area contributed by atoms with Crippen LogP contribution in [0.2, 0.25) is 0 Å². The van der Waals surface area contributed by atoms with Gasteiger partial charge in [0.2, 0.25) is 0 Å². The van der Waals surface area contributed by atoms with Crippen molar-refractivity contribution >= 4 is 10.8 Å². The molecule has 0 fully saturated rings. The molecule has 0 heterocycles. The molecule has 1 N–H and O–H groups in total. The van der Waals surface area contributed by atoms with Crippen molar-refractivity contribution in [1.29, 1.82) is 0 Å². The topological polar surface area (TPSA) is 29.1 Å². The van der Waals surface area contributed by atoms with Crippen molar-refractivity contribution in [2.24, 2.45) is 0 Å². The first-order valence-electron chi connectivity index (χ1n) is 6.20. The van der Waals surface area contributed by atoms with Crippen LogP contribution in [0.15, 0.2) is 18.2 Å². The van der Waals surface area contributed by atoms with Gasteiger partial charge in [0, 0.05) is 34.9 Å². The molecule has 0 bridgehead atoms. The quantitative estimate of drug-likeness (QED) is 0.844. The molecule has 0 saturated carbocycles. The number of hydrogen-bond acceptors (Lipinski definition) is 2. The zero-order chi connectivity index (χ0) is 12.8. The molecule has 0 spiro atoms. The van der Waals surface area contributed by atoms with E-state index in [9.17, 15) is 4.21 Å². The molecule has 0 aliphatic carbocycles. The molecule has 1 aromatic carbocycles. The lowest BCUT2D eigenvalue weighted by Gasteiger charge is -2.15. The van der Waals surface area contributed by atoms with E-state index >= 15 is 0 Å². The minimum Gasteiger partial charge on any atom is -0.309 e. The molecule has 2 unspecified atom stereocenters. The van der Waals surface area contributed by atoms with Crippen molar-refractivity contribution in [2.45, 2.75) is 33.7 Å². The second-order valence-electron chi connectivity index (χ2n) is 4.45. The van der Waals surface area contributed by atoms with Crippen LogP contribution >= 0.6 is 0 Å². The van der Waals surface area contributed by atoms with E-state index in [4.69, 9.17) is 0 Å². The molecule has 2 atom stereocenters. The minimum atomic E-state index is -0.670. The van der Waals surface area contributed by atoms with Gasteiger partial charge >= 0.3 is 0 Å². The zero-order valence-electron chi connectivity index (χ0n) is 11.2. The van der Waals surface area contributed by atoms with Crippen molar-refractivity contribution in [1.82, 2.24) is 5.32 Å². The smallest absolute Gasteiger partial charge is 0.0360 e. The van der Waals surface area contributed by atoms with Gasteiger partial charge in [-0.15, -0.1) is 0 Å². The molecule has 17 heavy (non-hydrogen) atoms. The fourth-order valence-corrected chi connectivity index (χ4v) is 2.32. The maximum absolute atomic E-state index is 11.3. The molecule has 0 aliphatic rings. The third kappa shape index (κ3) is 4.60. The molecule has 1 rings (SSSR count). The highest BCUT2D eigenvalue weighted by molar-refractivity contribution is 7.84. The van der Waals surface area contributed by atoms with Gasteiger partial charge < -0.3 is 5.32 Å². The van der Waals surface area contributed by atoms with Crippen LogP contribution in [0, 0.1) is 13.8 Å². The molecule has 0 saturated heterocycles. The Hall–Kier alpha value is -0.670. The van der Waals surface area contributed by atoms with Crippen molar-refractivity contribution in [3.63, 3.8) is 0 Å². The van der Waals surface area contributed by atoms with E-state index in [1.807, 2.05) is 6.92 Å². The summed E-state index contributed by atoms with van der Waals surface area (Å²) in [4.78, 5) is 0. The molecule has 0 amide bonds. The summed E-state index contributed by atoms with van der Waals surface area (Å²) < 4.78 is 11.3. The third-order valence-corrected chi connectivity index (χ3v) is 4.44. The zero-order valence-corrected chi connectivity index (χ0v) is 12.1. The van der Waals surface area contributed by atoms with Crippen LogP contribution in [0.25, 0.3) is 0 Å². The molecular formula is C14H23NOS. The van der Waals surface area contributed by atoms with E-state index in [-0.39, 0.29) is 0 Å². The molecule has 1 aromatic rings. The average molecular weight is 253 g/mol. The van der Waals surface area contributed by atoms with Gasteiger partial charge in [-0.25, -0.2) is 0 Å². The number of benzene rings is 1. The molecule has 2 nitrogen and oxygen atoms in total. The molecule has 96 valence electrons. The molecular weight excluding hydrogens is 230 g/mol. The Morgan fingerprint density at radius 1 is 1.29 bits per heavy atom. The Balaban J connectivity index is 2.49. The Bertz CT molecular complexity index is 390. The summed E-state index contributed by atoms with van der Waals surface area (Å²) in [5.74, 6) is 1.49. The molecule has 0 radical (unpaired) electrons. The fourth-order valence-electron chi connectivity index (χ4n) is 1.69. The normalized spacial score (nSPS) is 14.6. The van der Waals surface area contributed by atoms with E-state index in [2.05, 4.69) is 44.3 Å². The van der Waals surface area contributed by atoms with Gasteiger partial charge in [0.25, 0.3) is 0 Å². The van der Waals surface area contributed by atoms with E-state index in [1.165, 1.54) is 16.7 Å². The van der Waals surface area contributed by atoms with Crippen LogP contribution in [-0.4, -0.2) is 22.3 Å². The second-order valence-corrected chi connectivity index (χ2v) is 6.32. The average Bonchev–Trinajstić information content (AvgIpc) is 2.32. The lowest BCUT2D eigenvalue weighted by Crippen LogP contribution is -2.24. The number of rotatable bonds is 6. The number of aryl methyl sites for hydroxylation is 2. The summed E-state index contributed by atoms with van der Waals surface area (Å²) in [6.45, 7) is 9.19. The van der Waals surface area contributed by atoms with E-state index in [0.29, 0.717) is 6.04 Å². The van der Waals surface area contributed by atoms with Gasteiger partial charge in [-0.05, 0) is 37.5 Å². The third-order valence-electron chi connectivity index (χ3n) is 3.13. The first kappa shape index (κ1) is 14.4. The largest absolute Gasteiger partial charge is 0.309 e. The summed E-state index contributed by atoms with van der Waals surface area (Å²) in [5, 5.41) is 3.42. The summed E-state index contributed by atoms with van der Waals surface area (Å²) in [7, 11) is -0.670. The maximum Gasteiger partial charge on any atom is 0.0360 e. The lowest BCUT2D eigenvalue weighted by molar-refractivity contribution is 0.596. The van der Waals surface area contributed by atoms with Crippen LogP contribution in [0.1, 0.15) is 36.6 Å². The highest BCUT2D eigenvalue weighted by atomic mass is 32.2.